The normalized spacial score (nSPS) is 19.8. The van der Waals surface area contributed by atoms with Crippen LogP contribution in [0.15, 0.2) is 34.9 Å². The maximum absolute atomic E-state index is 12.4. The summed E-state index contributed by atoms with van der Waals surface area (Å²) in [4.78, 5) is 23.2. The van der Waals surface area contributed by atoms with Crippen LogP contribution >= 0.6 is 0 Å². The fourth-order valence-electron chi connectivity index (χ4n) is 3.42. The summed E-state index contributed by atoms with van der Waals surface area (Å²) in [5.74, 6) is -1.32. The lowest BCUT2D eigenvalue weighted by molar-refractivity contribution is -0.672. The van der Waals surface area contributed by atoms with E-state index in [0.717, 1.165) is 19.5 Å². The molecule has 0 unspecified atom stereocenters. The van der Waals surface area contributed by atoms with Gasteiger partial charge in [-0.15, -0.1) is 0 Å². The number of quaternary nitrogens is 1. The molecule has 0 radical (unpaired) electrons. The van der Waals surface area contributed by atoms with Gasteiger partial charge in [0.2, 0.25) is 5.91 Å². The van der Waals surface area contributed by atoms with E-state index in [1.54, 1.807) is 18.2 Å². The Hall–Kier alpha value is -2.87. The average molecular weight is 359 g/mol. The zero-order valence-electron chi connectivity index (χ0n) is 14.2. The van der Waals surface area contributed by atoms with E-state index in [4.69, 9.17) is 4.52 Å². The minimum atomic E-state index is -1.39. The summed E-state index contributed by atoms with van der Waals surface area (Å²) < 4.78 is 4.75. The monoisotopic (exact) mass is 359 g/mol. The zero-order chi connectivity index (χ0) is 18.5. The van der Waals surface area contributed by atoms with E-state index >= 15 is 0 Å². The number of hydrogen-bond acceptors (Lipinski definition) is 6. The first-order valence-corrected chi connectivity index (χ1v) is 8.58. The number of carboxylic acid groups (broad SMARTS) is 1. The lowest BCUT2D eigenvalue weighted by Gasteiger charge is -2.29. The number of aromatic carboxylic acids is 1. The number of rotatable bonds is 6. The summed E-state index contributed by atoms with van der Waals surface area (Å²) in [5.41, 5.74) is 1.12. The fraction of sp³-hybridized carbons (Fsp3) is 0.389. The number of carbonyl (C=O) groups excluding carboxylic acids is 2. The Labute approximate surface area is 150 Å². The molecule has 1 aromatic carbocycles. The highest BCUT2D eigenvalue weighted by Gasteiger charge is 2.30. The molecule has 1 aliphatic rings. The highest BCUT2D eigenvalue weighted by molar-refractivity contribution is 5.91. The van der Waals surface area contributed by atoms with Crippen molar-refractivity contribution in [2.24, 2.45) is 11.8 Å². The zero-order valence-corrected chi connectivity index (χ0v) is 14.2. The van der Waals surface area contributed by atoms with Crippen molar-refractivity contribution in [3.63, 3.8) is 0 Å². The minimum Gasteiger partial charge on any atom is -0.541 e. The second kappa shape index (κ2) is 8.01. The van der Waals surface area contributed by atoms with Crippen molar-refractivity contribution >= 4 is 17.6 Å². The third-order valence-electron chi connectivity index (χ3n) is 4.69. The number of benzene rings is 1. The van der Waals surface area contributed by atoms with Crippen LogP contribution in [0, 0.1) is 11.8 Å². The molecule has 2 atom stereocenters. The van der Waals surface area contributed by atoms with Crippen LogP contribution in [-0.4, -0.2) is 35.2 Å². The molecule has 4 N–H and O–H groups in total. The number of carboxylic acids is 1. The highest BCUT2D eigenvalue weighted by atomic mass is 16.5. The summed E-state index contributed by atoms with van der Waals surface area (Å²) in [6.07, 6.45) is 1.81. The Balaban J connectivity index is 1.60. The molecule has 3 rings (SSSR count). The summed E-state index contributed by atoms with van der Waals surface area (Å²) in [6.45, 7) is 1.79. The van der Waals surface area contributed by atoms with Gasteiger partial charge in [0.15, 0.2) is 5.76 Å². The van der Waals surface area contributed by atoms with Crippen LogP contribution in [0.4, 0.5) is 5.69 Å². The fourth-order valence-corrected chi connectivity index (χ4v) is 3.42. The van der Waals surface area contributed by atoms with E-state index in [1.807, 2.05) is 0 Å². The van der Waals surface area contributed by atoms with Gasteiger partial charge in [0, 0.05) is 43.0 Å². The number of hydrogen-bond donors (Lipinski definition) is 3. The van der Waals surface area contributed by atoms with Gasteiger partial charge in [0.1, 0.15) is 11.7 Å². The molecule has 2 heterocycles. The second-order valence-corrected chi connectivity index (χ2v) is 6.60. The van der Waals surface area contributed by atoms with Crippen molar-refractivity contribution < 1.29 is 29.6 Å². The van der Waals surface area contributed by atoms with Crippen molar-refractivity contribution in [1.29, 1.82) is 0 Å². The maximum atomic E-state index is 12.4. The van der Waals surface area contributed by atoms with Crippen LogP contribution in [0.3, 0.4) is 0 Å². The van der Waals surface area contributed by atoms with Gasteiger partial charge in [-0.1, -0.05) is 11.2 Å². The number of nitrogens with two attached hydrogens (primary N) is 1. The number of aromatic nitrogens is 1. The number of nitrogens with one attached hydrogen (secondary N) is 1. The topological polar surface area (TPSA) is 132 Å². The van der Waals surface area contributed by atoms with E-state index in [2.05, 4.69) is 15.8 Å². The summed E-state index contributed by atoms with van der Waals surface area (Å²) in [6, 6.07) is 7.82. The molecular weight excluding hydrogens is 338 g/mol. The van der Waals surface area contributed by atoms with Gasteiger partial charge >= 0.3 is 0 Å². The van der Waals surface area contributed by atoms with Gasteiger partial charge in [0.05, 0.1) is 18.8 Å². The number of nitrogens with zero attached hydrogens (tertiary/aromatic N) is 1. The molecule has 1 saturated heterocycles. The Kier molecular flexibility index (Phi) is 5.52. The van der Waals surface area contributed by atoms with Crippen molar-refractivity contribution in [3.05, 3.63) is 41.8 Å². The van der Waals surface area contributed by atoms with Crippen LogP contribution in [0.5, 0.6) is 5.75 Å². The molecular formula is C18H21N3O5. The predicted octanol–water partition coefficient (Wildman–Crippen LogP) is -0.485. The lowest BCUT2D eigenvalue weighted by Crippen LogP contribution is -2.88. The van der Waals surface area contributed by atoms with Crippen LogP contribution in [-0.2, 0) is 11.2 Å². The third kappa shape index (κ3) is 4.60. The number of phenolic OH excluding ortho intramolecular Hbond substituents is 1. The SMILES string of the molecule is O=C(C[C@@H]1CC[NH2+]C[C@@H]1Cc1cc(C(=O)[O-])on1)Nc1cccc(O)c1. The van der Waals surface area contributed by atoms with E-state index in [0.29, 0.717) is 24.2 Å². The minimum absolute atomic E-state index is 0.0997. The first-order valence-electron chi connectivity index (χ1n) is 8.58. The van der Waals surface area contributed by atoms with Crippen LogP contribution in [0.1, 0.15) is 29.1 Å². The van der Waals surface area contributed by atoms with Crippen LogP contribution in [0.25, 0.3) is 0 Å². The van der Waals surface area contributed by atoms with Gasteiger partial charge in [-0.25, -0.2) is 0 Å². The van der Waals surface area contributed by atoms with Gasteiger partial charge in [-0.3, -0.25) is 4.79 Å². The van der Waals surface area contributed by atoms with E-state index in [-0.39, 0.29) is 29.3 Å². The van der Waals surface area contributed by atoms with Crippen molar-refractivity contribution in [1.82, 2.24) is 5.16 Å². The number of anilines is 1. The van der Waals surface area contributed by atoms with Crippen molar-refractivity contribution in [2.75, 3.05) is 18.4 Å². The van der Waals surface area contributed by atoms with E-state index < -0.39 is 5.97 Å². The van der Waals surface area contributed by atoms with Gasteiger partial charge in [0.25, 0.3) is 0 Å². The predicted molar refractivity (Wildman–Crippen MR) is 89.1 cm³/mol. The number of aromatic hydroxyl groups is 1. The average Bonchev–Trinajstić information content (AvgIpc) is 3.05. The third-order valence-corrected chi connectivity index (χ3v) is 4.69. The Morgan fingerprint density at radius 2 is 2.19 bits per heavy atom. The molecule has 26 heavy (non-hydrogen) atoms. The Bertz CT molecular complexity index is 789. The molecule has 1 aromatic heterocycles. The van der Waals surface area contributed by atoms with Gasteiger partial charge < -0.3 is 30.2 Å². The molecule has 2 aromatic rings. The lowest BCUT2D eigenvalue weighted by atomic mass is 9.81. The molecule has 0 spiro atoms. The maximum Gasteiger partial charge on any atom is 0.224 e. The number of piperidine rings is 1. The van der Waals surface area contributed by atoms with E-state index in [1.165, 1.54) is 12.1 Å². The second-order valence-electron chi connectivity index (χ2n) is 6.60. The summed E-state index contributed by atoms with van der Waals surface area (Å²) in [5, 5.41) is 29.0. The Morgan fingerprint density at radius 3 is 2.92 bits per heavy atom. The molecule has 8 nitrogen and oxygen atoms in total. The first kappa shape index (κ1) is 17.9. The van der Waals surface area contributed by atoms with Crippen LogP contribution in [0.2, 0.25) is 0 Å². The summed E-state index contributed by atoms with van der Waals surface area (Å²) >= 11 is 0. The molecule has 1 amide bonds. The van der Waals surface area contributed by atoms with Crippen molar-refractivity contribution in [2.45, 2.75) is 19.3 Å². The van der Waals surface area contributed by atoms with Crippen molar-refractivity contribution in [3.8, 4) is 5.75 Å². The Morgan fingerprint density at radius 1 is 1.35 bits per heavy atom. The summed E-state index contributed by atoms with van der Waals surface area (Å²) in [7, 11) is 0. The smallest absolute Gasteiger partial charge is 0.224 e. The largest absolute Gasteiger partial charge is 0.541 e. The van der Waals surface area contributed by atoms with Crippen LogP contribution < -0.4 is 15.7 Å². The number of amides is 1. The van der Waals surface area contributed by atoms with E-state index in [9.17, 15) is 19.8 Å². The molecule has 0 bridgehead atoms. The quantitative estimate of drug-likeness (QED) is 0.638. The van der Waals surface area contributed by atoms with Gasteiger partial charge in [-0.05, 0) is 18.1 Å². The number of phenols is 1. The molecule has 0 aliphatic carbocycles. The standard InChI is InChI=1S/C18H21N3O5/c22-15-3-1-2-13(8-15)20-17(23)7-11-4-5-19-10-12(11)6-14-9-16(18(24)25)26-21-14/h1-3,8-9,11-12,19,22H,4-7,10H2,(H,20,23)(H,24,25)/t11-,12-/m0/s1. The number of carbonyl (C=O) groups is 2. The highest BCUT2D eigenvalue weighted by Crippen LogP contribution is 2.25. The molecule has 138 valence electrons. The molecule has 1 fully saturated rings. The molecule has 1 aliphatic heterocycles. The molecule has 0 saturated carbocycles. The van der Waals surface area contributed by atoms with Gasteiger partial charge in [-0.2, -0.15) is 0 Å². The first-order chi connectivity index (χ1) is 12.5. The molecule has 8 heteroatoms.